The smallest absolute Gasteiger partial charge is 0.252 e. The Morgan fingerprint density at radius 2 is 1.97 bits per heavy atom. The summed E-state index contributed by atoms with van der Waals surface area (Å²) >= 11 is 0. The molecule has 4 rings (SSSR count). The monoisotopic (exact) mass is 390 g/mol. The van der Waals surface area contributed by atoms with E-state index in [9.17, 15) is 9.59 Å². The lowest BCUT2D eigenvalue weighted by Crippen LogP contribution is -2.38. The van der Waals surface area contributed by atoms with E-state index in [1.807, 2.05) is 54.6 Å². The lowest BCUT2D eigenvalue weighted by Gasteiger charge is -2.18. The Hall–Kier alpha value is -3.61. The first-order chi connectivity index (χ1) is 14.2. The number of hydrogen-bond acceptors (Lipinski definition) is 4. The van der Waals surface area contributed by atoms with Crippen molar-refractivity contribution >= 4 is 17.6 Å². The molecule has 0 aliphatic heterocycles. The van der Waals surface area contributed by atoms with Crippen molar-refractivity contribution in [2.45, 2.75) is 18.4 Å². The van der Waals surface area contributed by atoms with Gasteiger partial charge in [-0.1, -0.05) is 42.5 Å². The van der Waals surface area contributed by atoms with Gasteiger partial charge in [0, 0.05) is 12.0 Å². The molecule has 0 bridgehead atoms. The van der Waals surface area contributed by atoms with Gasteiger partial charge in [0.05, 0.1) is 13.3 Å². The molecule has 0 radical (unpaired) electrons. The van der Waals surface area contributed by atoms with E-state index in [4.69, 9.17) is 4.74 Å². The number of anilines is 1. The second kappa shape index (κ2) is 8.18. The molecule has 1 heterocycles. The topological polar surface area (TPSA) is 96.1 Å². The predicted octanol–water partition coefficient (Wildman–Crippen LogP) is 3.02. The van der Waals surface area contributed by atoms with Crippen LogP contribution in [-0.4, -0.2) is 29.1 Å². The summed E-state index contributed by atoms with van der Waals surface area (Å²) in [6.07, 6.45) is 2.30. The number of methoxy groups -OCH3 is 1. The van der Waals surface area contributed by atoms with Crippen molar-refractivity contribution in [1.82, 2.24) is 15.5 Å². The number of aromatic amines is 1. The summed E-state index contributed by atoms with van der Waals surface area (Å²) in [7, 11) is 1.62. The molecule has 2 aromatic carbocycles. The van der Waals surface area contributed by atoms with Crippen molar-refractivity contribution < 1.29 is 14.3 Å². The molecule has 1 saturated carbocycles. The number of amides is 2. The van der Waals surface area contributed by atoms with E-state index >= 15 is 0 Å². The molecule has 148 valence electrons. The first kappa shape index (κ1) is 18.7. The Morgan fingerprint density at radius 1 is 1.14 bits per heavy atom. The van der Waals surface area contributed by atoms with Gasteiger partial charge in [-0.2, -0.15) is 5.10 Å². The third-order valence-electron chi connectivity index (χ3n) is 5.09. The predicted molar refractivity (Wildman–Crippen MR) is 108 cm³/mol. The fraction of sp³-hybridized carbons (Fsp3) is 0.227. The lowest BCUT2D eigenvalue weighted by atomic mass is 10.0. The lowest BCUT2D eigenvalue weighted by molar-refractivity contribution is -0.127. The van der Waals surface area contributed by atoms with Crippen LogP contribution in [0.25, 0.3) is 0 Å². The summed E-state index contributed by atoms with van der Waals surface area (Å²) in [5, 5.41) is 12.2. The minimum Gasteiger partial charge on any atom is -0.497 e. The summed E-state index contributed by atoms with van der Waals surface area (Å²) in [6.45, 7) is 0. The molecule has 2 amide bonds. The number of carbonyl (C=O) groups excluding carboxylic acids is 2. The standard InChI is InChI=1S/C22H22N4O3/c1-29-16-9-5-8-15(12-16)17-13-18(17)21(27)25-20(14-6-3-2-4-7-14)22(28)24-19-10-11-23-26-19/h2-12,17-18,20H,13H2,1H3,(H,25,27)(H2,23,24,26,28). The van der Waals surface area contributed by atoms with Gasteiger partial charge in [0.1, 0.15) is 17.6 Å². The number of nitrogens with one attached hydrogen (secondary N) is 3. The van der Waals surface area contributed by atoms with Crippen LogP contribution in [0.15, 0.2) is 66.9 Å². The fourth-order valence-electron chi connectivity index (χ4n) is 3.45. The Bertz CT molecular complexity index is 988. The maximum atomic E-state index is 12.9. The van der Waals surface area contributed by atoms with E-state index in [0.717, 1.165) is 23.3 Å². The largest absolute Gasteiger partial charge is 0.497 e. The highest BCUT2D eigenvalue weighted by Crippen LogP contribution is 2.48. The highest BCUT2D eigenvalue weighted by Gasteiger charge is 2.45. The van der Waals surface area contributed by atoms with Crippen LogP contribution in [0.4, 0.5) is 5.82 Å². The van der Waals surface area contributed by atoms with Crippen molar-refractivity contribution in [2.24, 2.45) is 5.92 Å². The number of carbonyl (C=O) groups is 2. The van der Waals surface area contributed by atoms with Gasteiger partial charge in [-0.3, -0.25) is 14.7 Å². The van der Waals surface area contributed by atoms with Crippen LogP contribution in [-0.2, 0) is 9.59 Å². The molecular formula is C22H22N4O3. The van der Waals surface area contributed by atoms with Gasteiger partial charge in [-0.15, -0.1) is 0 Å². The highest BCUT2D eigenvalue weighted by molar-refractivity contribution is 5.98. The number of rotatable bonds is 7. The molecule has 3 atom stereocenters. The number of nitrogens with zero attached hydrogens (tertiary/aromatic N) is 1. The zero-order chi connectivity index (χ0) is 20.2. The molecular weight excluding hydrogens is 368 g/mol. The number of aromatic nitrogens is 2. The molecule has 1 aliphatic carbocycles. The fourth-order valence-corrected chi connectivity index (χ4v) is 3.45. The van der Waals surface area contributed by atoms with E-state index in [2.05, 4.69) is 20.8 Å². The van der Waals surface area contributed by atoms with E-state index in [1.165, 1.54) is 0 Å². The Balaban J connectivity index is 1.47. The minimum atomic E-state index is -0.793. The number of benzene rings is 2. The number of hydrogen-bond donors (Lipinski definition) is 3. The molecule has 29 heavy (non-hydrogen) atoms. The van der Waals surface area contributed by atoms with Crippen LogP contribution in [0.5, 0.6) is 5.75 Å². The van der Waals surface area contributed by atoms with Gasteiger partial charge in [0.25, 0.3) is 5.91 Å². The molecule has 7 nitrogen and oxygen atoms in total. The zero-order valence-corrected chi connectivity index (χ0v) is 16.0. The van der Waals surface area contributed by atoms with Crippen LogP contribution >= 0.6 is 0 Å². The van der Waals surface area contributed by atoms with E-state index in [-0.39, 0.29) is 23.7 Å². The second-order valence-electron chi connectivity index (χ2n) is 7.04. The van der Waals surface area contributed by atoms with Gasteiger partial charge >= 0.3 is 0 Å². The van der Waals surface area contributed by atoms with Gasteiger partial charge in [-0.05, 0) is 35.6 Å². The highest BCUT2D eigenvalue weighted by atomic mass is 16.5. The average molecular weight is 390 g/mol. The van der Waals surface area contributed by atoms with Gasteiger partial charge in [0.2, 0.25) is 5.91 Å². The van der Waals surface area contributed by atoms with E-state index < -0.39 is 6.04 Å². The molecule has 3 aromatic rings. The molecule has 3 N–H and O–H groups in total. The van der Waals surface area contributed by atoms with Crippen molar-refractivity contribution in [3.8, 4) is 5.75 Å². The Labute approximate surface area is 168 Å². The van der Waals surface area contributed by atoms with Gasteiger partial charge in [0.15, 0.2) is 0 Å². The molecule has 3 unspecified atom stereocenters. The third kappa shape index (κ3) is 4.29. The summed E-state index contributed by atoms with van der Waals surface area (Å²) in [5.41, 5.74) is 1.79. The normalized spacial score (nSPS) is 18.5. The minimum absolute atomic E-state index is 0.133. The summed E-state index contributed by atoms with van der Waals surface area (Å²) in [5.74, 6) is 0.768. The number of H-pyrrole nitrogens is 1. The SMILES string of the molecule is COc1cccc(C2CC2C(=O)NC(C(=O)Nc2ccn[nH]2)c2ccccc2)c1. The quantitative estimate of drug-likeness (QED) is 0.578. The van der Waals surface area contributed by atoms with Crippen molar-refractivity contribution in [2.75, 3.05) is 12.4 Å². The summed E-state index contributed by atoms with van der Waals surface area (Å²) < 4.78 is 5.27. The van der Waals surface area contributed by atoms with Crippen LogP contribution < -0.4 is 15.4 Å². The summed E-state index contributed by atoms with van der Waals surface area (Å²) in [4.78, 5) is 25.7. The van der Waals surface area contributed by atoms with Crippen molar-refractivity contribution in [3.63, 3.8) is 0 Å². The average Bonchev–Trinajstić information content (AvgIpc) is 3.41. The van der Waals surface area contributed by atoms with Gasteiger partial charge in [-0.25, -0.2) is 0 Å². The van der Waals surface area contributed by atoms with Crippen LogP contribution in [0.1, 0.15) is 29.5 Å². The van der Waals surface area contributed by atoms with Crippen LogP contribution in [0, 0.1) is 5.92 Å². The van der Waals surface area contributed by atoms with Crippen LogP contribution in [0.3, 0.4) is 0 Å². The first-order valence-corrected chi connectivity index (χ1v) is 9.45. The molecule has 1 fully saturated rings. The molecule has 0 spiro atoms. The molecule has 1 aliphatic rings. The summed E-state index contributed by atoms with van der Waals surface area (Å²) in [6, 6.07) is 17.8. The zero-order valence-electron chi connectivity index (χ0n) is 16.0. The van der Waals surface area contributed by atoms with Gasteiger partial charge < -0.3 is 15.4 Å². The van der Waals surface area contributed by atoms with E-state index in [1.54, 1.807) is 19.4 Å². The molecule has 1 aromatic heterocycles. The van der Waals surface area contributed by atoms with E-state index in [0.29, 0.717) is 5.82 Å². The Morgan fingerprint density at radius 3 is 2.69 bits per heavy atom. The maximum absolute atomic E-state index is 12.9. The number of ether oxygens (including phenoxy) is 1. The Kier molecular flexibility index (Phi) is 5.29. The first-order valence-electron chi connectivity index (χ1n) is 9.45. The van der Waals surface area contributed by atoms with Crippen molar-refractivity contribution in [1.29, 1.82) is 0 Å². The molecule has 7 heteroatoms. The second-order valence-corrected chi connectivity index (χ2v) is 7.04. The van der Waals surface area contributed by atoms with Crippen LogP contribution in [0.2, 0.25) is 0 Å². The molecule has 0 saturated heterocycles. The maximum Gasteiger partial charge on any atom is 0.252 e. The van der Waals surface area contributed by atoms with Crippen molar-refractivity contribution in [3.05, 3.63) is 78.0 Å². The third-order valence-corrected chi connectivity index (χ3v) is 5.09.